The maximum absolute atomic E-state index is 5.23. The fourth-order valence-corrected chi connectivity index (χ4v) is 2.26. The van der Waals surface area contributed by atoms with Gasteiger partial charge in [0.05, 0.1) is 7.11 Å². The van der Waals surface area contributed by atoms with Crippen molar-refractivity contribution in [3.63, 3.8) is 0 Å². The number of nitrogens with zero attached hydrogens (tertiary/aromatic N) is 2. The molecule has 0 aliphatic heterocycles. The topological polar surface area (TPSA) is 39.1 Å². The van der Waals surface area contributed by atoms with E-state index in [0.29, 0.717) is 0 Å². The number of benzene rings is 1. The Morgan fingerprint density at radius 2 is 2.26 bits per heavy atom. The van der Waals surface area contributed by atoms with Crippen molar-refractivity contribution in [3.8, 4) is 5.75 Å². The third kappa shape index (κ3) is 3.81. The molecule has 5 heteroatoms. The van der Waals surface area contributed by atoms with Crippen LogP contribution in [-0.2, 0) is 20.0 Å². The first-order chi connectivity index (χ1) is 9.20. The molecule has 19 heavy (non-hydrogen) atoms. The zero-order valence-electron chi connectivity index (χ0n) is 11.2. The summed E-state index contributed by atoms with van der Waals surface area (Å²) < 4.78 is 8.37. The zero-order chi connectivity index (χ0) is 13.7. The molecule has 102 valence electrons. The summed E-state index contributed by atoms with van der Waals surface area (Å²) in [6, 6.07) is 5.99. The molecule has 0 saturated heterocycles. The third-order valence-electron chi connectivity index (χ3n) is 3.01. The molecule has 0 bridgehead atoms. The van der Waals surface area contributed by atoms with Crippen LogP contribution in [0.2, 0.25) is 0 Å². The van der Waals surface area contributed by atoms with Crippen molar-refractivity contribution < 1.29 is 4.74 Å². The molecule has 0 aliphatic rings. The van der Waals surface area contributed by atoms with E-state index in [4.69, 9.17) is 4.74 Å². The van der Waals surface area contributed by atoms with Crippen molar-refractivity contribution in [2.75, 3.05) is 13.7 Å². The van der Waals surface area contributed by atoms with E-state index in [9.17, 15) is 0 Å². The molecule has 4 nitrogen and oxygen atoms in total. The van der Waals surface area contributed by atoms with Crippen LogP contribution in [0.4, 0.5) is 0 Å². The zero-order valence-corrected chi connectivity index (χ0v) is 12.8. The van der Waals surface area contributed by atoms with Gasteiger partial charge in [0, 0.05) is 43.4 Å². The summed E-state index contributed by atoms with van der Waals surface area (Å²) in [5, 5.41) is 3.42. The Kier molecular flexibility index (Phi) is 4.99. The minimum Gasteiger partial charge on any atom is -0.497 e. The molecule has 1 heterocycles. The first-order valence-electron chi connectivity index (χ1n) is 6.20. The van der Waals surface area contributed by atoms with E-state index in [1.165, 1.54) is 5.56 Å². The molecule has 1 aromatic heterocycles. The molecule has 1 aromatic carbocycles. The summed E-state index contributed by atoms with van der Waals surface area (Å²) >= 11 is 3.55. The van der Waals surface area contributed by atoms with Crippen molar-refractivity contribution in [3.05, 3.63) is 46.5 Å². The average Bonchev–Trinajstić information content (AvgIpc) is 2.82. The van der Waals surface area contributed by atoms with E-state index in [0.717, 1.165) is 35.6 Å². The highest BCUT2D eigenvalue weighted by atomic mass is 79.9. The highest BCUT2D eigenvalue weighted by molar-refractivity contribution is 9.10. The number of nitrogens with one attached hydrogen (secondary N) is 1. The van der Waals surface area contributed by atoms with Gasteiger partial charge in [-0.2, -0.15) is 0 Å². The molecule has 2 aromatic rings. The monoisotopic (exact) mass is 323 g/mol. The lowest BCUT2D eigenvalue weighted by Crippen LogP contribution is -2.18. The van der Waals surface area contributed by atoms with Gasteiger partial charge in [-0.15, -0.1) is 0 Å². The smallest absolute Gasteiger partial charge is 0.119 e. The SMILES string of the molecule is COc1ccc(Br)c(CNCCc2nccn2C)c1. The Balaban J connectivity index is 1.84. The molecule has 2 rings (SSSR count). The molecule has 0 atom stereocenters. The normalized spacial score (nSPS) is 10.7. The number of hydrogen-bond donors (Lipinski definition) is 1. The van der Waals surface area contributed by atoms with Crippen molar-refractivity contribution in [1.82, 2.24) is 14.9 Å². The summed E-state index contributed by atoms with van der Waals surface area (Å²) in [4.78, 5) is 4.30. The lowest BCUT2D eigenvalue weighted by atomic mass is 10.2. The molecule has 0 spiro atoms. The van der Waals surface area contributed by atoms with Crippen molar-refractivity contribution >= 4 is 15.9 Å². The van der Waals surface area contributed by atoms with Gasteiger partial charge in [0.1, 0.15) is 11.6 Å². The summed E-state index contributed by atoms with van der Waals surface area (Å²) in [5.74, 6) is 1.97. The first kappa shape index (κ1) is 14.1. The maximum Gasteiger partial charge on any atom is 0.119 e. The second kappa shape index (κ2) is 6.73. The van der Waals surface area contributed by atoms with E-state index in [2.05, 4.69) is 26.2 Å². The molecule has 0 unspecified atom stereocenters. The number of aromatic nitrogens is 2. The van der Waals surface area contributed by atoms with Crippen molar-refractivity contribution in [2.45, 2.75) is 13.0 Å². The van der Waals surface area contributed by atoms with E-state index in [1.807, 2.05) is 42.2 Å². The number of methoxy groups -OCH3 is 1. The number of rotatable bonds is 6. The van der Waals surface area contributed by atoms with Crippen LogP contribution in [0.15, 0.2) is 35.1 Å². The Bertz CT molecular complexity index is 539. The van der Waals surface area contributed by atoms with Gasteiger partial charge in [-0.1, -0.05) is 15.9 Å². The summed E-state index contributed by atoms with van der Waals surface area (Å²) in [6.07, 6.45) is 4.72. The summed E-state index contributed by atoms with van der Waals surface area (Å²) in [6.45, 7) is 1.71. The van der Waals surface area contributed by atoms with Crippen molar-refractivity contribution in [1.29, 1.82) is 0 Å². The van der Waals surface area contributed by atoms with Gasteiger partial charge in [0.2, 0.25) is 0 Å². The maximum atomic E-state index is 5.23. The average molecular weight is 324 g/mol. The van der Waals surface area contributed by atoms with Crippen LogP contribution in [0, 0.1) is 0 Å². The van der Waals surface area contributed by atoms with Crippen LogP contribution >= 0.6 is 15.9 Å². The van der Waals surface area contributed by atoms with Crippen LogP contribution in [0.25, 0.3) is 0 Å². The molecular weight excluding hydrogens is 306 g/mol. The number of ether oxygens (including phenoxy) is 1. The molecule has 0 aliphatic carbocycles. The number of hydrogen-bond acceptors (Lipinski definition) is 3. The van der Waals surface area contributed by atoms with Gasteiger partial charge < -0.3 is 14.6 Å². The number of imidazole rings is 1. The van der Waals surface area contributed by atoms with E-state index < -0.39 is 0 Å². The second-order valence-electron chi connectivity index (χ2n) is 4.34. The molecular formula is C14H18BrN3O. The lowest BCUT2D eigenvalue weighted by molar-refractivity contribution is 0.414. The predicted molar refractivity (Wildman–Crippen MR) is 79.3 cm³/mol. The van der Waals surface area contributed by atoms with E-state index in [-0.39, 0.29) is 0 Å². The van der Waals surface area contributed by atoms with Gasteiger partial charge in [0.25, 0.3) is 0 Å². The second-order valence-corrected chi connectivity index (χ2v) is 5.19. The van der Waals surface area contributed by atoms with Crippen LogP contribution in [0.1, 0.15) is 11.4 Å². The molecule has 1 N–H and O–H groups in total. The molecule has 0 saturated carbocycles. The minimum absolute atomic E-state index is 0.808. The molecule has 0 amide bonds. The number of halogens is 1. The fraction of sp³-hybridized carbons (Fsp3) is 0.357. The Morgan fingerprint density at radius 3 is 2.95 bits per heavy atom. The van der Waals surface area contributed by atoms with Crippen LogP contribution in [0.3, 0.4) is 0 Å². The van der Waals surface area contributed by atoms with Gasteiger partial charge in [0.15, 0.2) is 0 Å². The van der Waals surface area contributed by atoms with Gasteiger partial charge in [-0.25, -0.2) is 4.98 Å². The summed E-state index contributed by atoms with van der Waals surface area (Å²) in [7, 11) is 3.70. The van der Waals surface area contributed by atoms with Crippen LogP contribution < -0.4 is 10.1 Å². The Morgan fingerprint density at radius 1 is 1.42 bits per heavy atom. The fourth-order valence-electron chi connectivity index (χ4n) is 1.87. The standard InChI is InChI=1S/C14H18BrN3O/c1-18-8-7-17-14(18)5-6-16-10-11-9-12(19-2)3-4-13(11)15/h3-4,7-9,16H,5-6,10H2,1-2H3. The quantitative estimate of drug-likeness (QED) is 0.830. The highest BCUT2D eigenvalue weighted by Crippen LogP contribution is 2.22. The summed E-state index contributed by atoms with van der Waals surface area (Å²) in [5.41, 5.74) is 1.19. The largest absolute Gasteiger partial charge is 0.497 e. The third-order valence-corrected chi connectivity index (χ3v) is 3.79. The minimum atomic E-state index is 0.808. The molecule has 0 fully saturated rings. The van der Waals surface area contributed by atoms with Gasteiger partial charge >= 0.3 is 0 Å². The molecule has 0 radical (unpaired) electrons. The van der Waals surface area contributed by atoms with Crippen LogP contribution in [-0.4, -0.2) is 23.2 Å². The van der Waals surface area contributed by atoms with E-state index in [1.54, 1.807) is 7.11 Å². The van der Waals surface area contributed by atoms with Crippen molar-refractivity contribution in [2.24, 2.45) is 7.05 Å². The lowest BCUT2D eigenvalue weighted by Gasteiger charge is -2.09. The Hall–Kier alpha value is -1.33. The highest BCUT2D eigenvalue weighted by Gasteiger charge is 2.03. The van der Waals surface area contributed by atoms with Gasteiger partial charge in [-0.05, 0) is 23.8 Å². The van der Waals surface area contributed by atoms with Gasteiger partial charge in [-0.3, -0.25) is 0 Å². The predicted octanol–water partition coefficient (Wildman–Crippen LogP) is 2.52. The number of aryl methyl sites for hydroxylation is 1. The Labute approximate surface area is 121 Å². The van der Waals surface area contributed by atoms with Crippen LogP contribution in [0.5, 0.6) is 5.75 Å². The van der Waals surface area contributed by atoms with E-state index >= 15 is 0 Å². The first-order valence-corrected chi connectivity index (χ1v) is 6.99.